The molecule has 25 heavy (non-hydrogen) atoms. The second-order valence-corrected chi connectivity index (χ2v) is 7.03. The number of hydrogen-bond donors (Lipinski definition) is 1. The van der Waals surface area contributed by atoms with Crippen molar-refractivity contribution >= 4 is 17.6 Å². The van der Waals surface area contributed by atoms with Crippen LogP contribution in [0.2, 0.25) is 0 Å². The summed E-state index contributed by atoms with van der Waals surface area (Å²) in [5.41, 5.74) is 1.42. The van der Waals surface area contributed by atoms with E-state index in [4.69, 9.17) is 9.26 Å². The number of piperazine rings is 1. The standard InChI is InChI=1S/C17H24N4O4/c1-11-14(15(25-19-11)12-4-5-12)18-17(23)21-8-6-20(7-9-21)16(22)13-3-2-10-24-13/h12-13H,2-10H2,1H3,(H,18,23). The highest BCUT2D eigenvalue weighted by atomic mass is 16.5. The maximum absolute atomic E-state index is 12.6. The molecule has 1 saturated carbocycles. The van der Waals surface area contributed by atoms with Gasteiger partial charge in [0.15, 0.2) is 5.76 Å². The molecule has 0 radical (unpaired) electrons. The number of aryl methyl sites for hydroxylation is 1. The number of rotatable bonds is 3. The van der Waals surface area contributed by atoms with Crippen molar-refractivity contribution in [2.45, 2.75) is 44.6 Å². The van der Waals surface area contributed by atoms with Crippen molar-refractivity contribution in [2.75, 3.05) is 38.1 Å². The van der Waals surface area contributed by atoms with Crippen LogP contribution in [0.1, 0.15) is 43.1 Å². The number of nitrogens with zero attached hydrogens (tertiary/aromatic N) is 3. The number of hydrogen-bond acceptors (Lipinski definition) is 5. The van der Waals surface area contributed by atoms with Gasteiger partial charge in [-0.15, -0.1) is 0 Å². The minimum Gasteiger partial charge on any atom is -0.368 e. The molecule has 1 aromatic rings. The Labute approximate surface area is 146 Å². The fourth-order valence-electron chi connectivity index (χ4n) is 3.46. The molecular formula is C17H24N4O4. The van der Waals surface area contributed by atoms with Crippen LogP contribution in [0, 0.1) is 6.92 Å². The van der Waals surface area contributed by atoms with Crippen LogP contribution in [-0.4, -0.2) is 65.8 Å². The van der Waals surface area contributed by atoms with Gasteiger partial charge in [0.2, 0.25) is 0 Å². The topological polar surface area (TPSA) is 87.9 Å². The van der Waals surface area contributed by atoms with E-state index in [-0.39, 0.29) is 18.0 Å². The molecule has 1 aromatic heterocycles. The molecule has 1 aliphatic carbocycles. The number of aromatic nitrogens is 1. The van der Waals surface area contributed by atoms with Crippen LogP contribution in [0.5, 0.6) is 0 Å². The summed E-state index contributed by atoms with van der Waals surface area (Å²) in [6, 6.07) is -0.155. The number of urea groups is 1. The third-order valence-corrected chi connectivity index (χ3v) is 5.15. The number of carbonyl (C=O) groups is 2. The molecule has 2 saturated heterocycles. The predicted octanol–water partition coefficient (Wildman–Crippen LogP) is 1.72. The number of amides is 3. The molecule has 1 unspecified atom stereocenters. The Morgan fingerprint density at radius 1 is 1.12 bits per heavy atom. The highest BCUT2D eigenvalue weighted by Gasteiger charge is 2.34. The first-order valence-corrected chi connectivity index (χ1v) is 9.06. The molecule has 4 rings (SSSR count). The van der Waals surface area contributed by atoms with Gasteiger partial charge in [-0.1, -0.05) is 5.16 Å². The minimum atomic E-state index is -0.291. The Morgan fingerprint density at radius 3 is 2.48 bits per heavy atom. The van der Waals surface area contributed by atoms with Gasteiger partial charge in [-0.25, -0.2) is 4.79 Å². The average Bonchev–Trinajstić information content (AvgIpc) is 3.19. The van der Waals surface area contributed by atoms with Gasteiger partial charge in [0.05, 0.1) is 0 Å². The average molecular weight is 348 g/mol. The molecule has 1 atom stereocenters. The van der Waals surface area contributed by atoms with E-state index in [2.05, 4.69) is 10.5 Å². The summed E-state index contributed by atoms with van der Waals surface area (Å²) < 4.78 is 10.8. The minimum absolute atomic E-state index is 0.0588. The maximum Gasteiger partial charge on any atom is 0.322 e. The van der Waals surface area contributed by atoms with E-state index < -0.39 is 0 Å². The van der Waals surface area contributed by atoms with Gasteiger partial charge < -0.3 is 24.4 Å². The Bertz CT molecular complexity index is 656. The molecule has 3 heterocycles. The van der Waals surface area contributed by atoms with Crippen molar-refractivity contribution in [1.29, 1.82) is 0 Å². The second kappa shape index (κ2) is 6.67. The zero-order valence-electron chi connectivity index (χ0n) is 14.5. The van der Waals surface area contributed by atoms with Crippen LogP contribution in [0.3, 0.4) is 0 Å². The molecule has 0 bridgehead atoms. The lowest BCUT2D eigenvalue weighted by Gasteiger charge is -2.35. The SMILES string of the molecule is Cc1noc(C2CC2)c1NC(=O)N1CCN(C(=O)C2CCCO2)CC1. The molecule has 0 spiro atoms. The summed E-state index contributed by atoms with van der Waals surface area (Å²) in [5.74, 6) is 1.24. The molecule has 0 aromatic carbocycles. The van der Waals surface area contributed by atoms with E-state index in [0.29, 0.717) is 50.1 Å². The van der Waals surface area contributed by atoms with E-state index in [0.717, 1.165) is 31.4 Å². The highest BCUT2D eigenvalue weighted by Crippen LogP contribution is 2.44. The third kappa shape index (κ3) is 3.35. The largest absolute Gasteiger partial charge is 0.368 e. The van der Waals surface area contributed by atoms with Crippen molar-refractivity contribution in [3.05, 3.63) is 11.5 Å². The fraction of sp³-hybridized carbons (Fsp3) is 0.706. The molecule has 2 aliphatic heterocycles. The quantitative estimate of drug-likeness (QED) is 0.898. The van der Waals surface area contributed by atoms with Gasteiger partial charge in [0, 0.05) is 38.7 Å². The second-order valence-electron chi connectivity index (χ2n) is 7.03. The van der Waals surface area contributed by atoms with E-state index in [1.54, 1.807) is 9.80 Å². The molecule has 1 N–H and O–H groups in total. The lowest BCUT2D eigenvalue weighted by atomic mass is 10.2. The monoisotopic (exact) mass is 348 g/mol. The van der Waals surface area contributed by atoms with E-state index in [9.17, 15) is 9.59 Å². The highest BCUT2D eigenvalue weighted by molar-refractivity contribution is 5.91. The molecule has 136 valence electrons. The predicted molar refractivity (Wildman–Crippen MR) is 89.4 cm³/mol. The van der Waals surface area contributed by atoms with Crippen molar-refractivity contribution < 1.29 is 18.8 Å². The lowest BCUT2D eigenvalue weighted by Crippen LogP contribution is -2.53. The summed E-state index contributed by atoms with van der Waals surface area (Å²) >= 11 is 0. The summed E-state index contributed by atoms with van der Waals surface area (Å²) in [6.07, 6.45) is 3.63. The number of ether oxygens (including phenoxy) is 1. The summed E-state index contributed by atoms with van der Waals surface area (Å²) in [6.45, 7) is 4.64. The lowest BCUT2D eigenvalue weighted by molar-refractivity contribution is -0.142. The zero-order chi connectivity index (χ0) is 17.4. The first-order chi connectivity index (χ1) is 12.1. The van der Waals surface area contributed by atoms with Crippen LogP contribution in [-0.2, 0) is 9.53 Å². The van der Waals surface area contributed by atoms with E-state index in [1.807, 2.05) is 6.92 Å². The smallest absolute Gasteiger partial charge is 0.322 e. The fourth-order valence-corrected chi connectivity index (χ4v) is 3.46. The molecule has 8 heteroatoms. The van der Waals surface area contributed by atoms with Crippen molar-refractivity contribution in [3.8, 4) is 0 Å². The van der Waals surface area contributed by atoms with Crippen molar-refractivity contribution in [3.63, 3.8) is 0 Å². The third-order valence-electron chi connectivity index (χ3n) is 5.15. The Kier molecular flexibility index (Phi) is 4.37. The van der Waals surface area contributed by atoms with Crippen LogP contribution < -0.4 is 5.32 Å². The first-order valence-electron chi connectivity index (χ1n) is 9.06. The van der Waals surface area contributed by atoms with Gasteiger partial charge >= 0.3 is 6.03 Å². The normalized spacial score (nSPS) is 23.8. The van der Waals surface area contributed by atoms with Gasteiger partial charge in [-0.05, 0) is 32.6 Å². The zero-order valence-corrected chi connectivity index (χ0v) is 14.5. The Hall–Kier alpha value is -2.09. The summed E-state index contributed by atoms with van der Waals surface area (Å²) in [5, 5.41) is 6.93. The van der Waals surface area contributed by atoms with Crippen LogP contribution in [0.15, 0.2) is 4.52 Å². The van der Waals surface area contributed by atoms with Gasteiger partial charge in [-0.2, -0.15) is 0 Å². The molecular weight excluding hydrogens is 324 g/mol. The maximum atomic E-state index is 12.6. The van der Waals surface area contributed by atoms with E-state index in [1.165, 1.54) is 0 Å². The van der Waals surface area contributed by atoms with Gasteiger partial charge in [0.1, 0.15) is 17.5 Å². The Balaban J connectivity index is 1.32. The molecule has 3 fully saturated rings. The molecule has 3 amide bonds. The number of carbonyl (C=O) groups excluding carboxylic acids is 2. The number of anilines is 1. The molecule has 8 nitrogen and oxygen atoms in total. The summed E-state index contributed by atoms with van der Waals surface area (Å²) in [7, 11) is 0. The summed E-state index contributed by atoms with van der Waals surface area (Å²) in [4.78, 5) is 28.5. The van der Waals surface area contributed by atoms with Gasteiger partial charge in [-0.3, -0.25) is 4.79 Å². The Morgan fingerprint density at radius 2 is 1.84 bits per heavy atom. The first kappa shape index (κ1) is 16.4. The van der Waals surface area contributed by atoms with Crippen molar-refractivity contribution in [2.24, 2.45) is 0 Å². The van der Waals surface area contributed by atoms with Gasteiger partial charge in [0.25, 0.3) is 5.91 Å². The van der Waals surface area contributed by atoms with Crippen molar-refractivity contribution in [1.82, 2.24) is 15.0 Å². The number of nitrogens with one attached hydrogen (secondary N) is 1. The van der Waals surface area contributed by atoms with Crippen LogP contribution in [0.25, 0.3) is 0 Å². The van der Waals surface area contributed by atoms with E-state index >= 15 is 0 Å². The van der Waals surface area contributed by atoms with Crippen LogP contribution >= 0.6 is 0 Å². The van der Waals surface area contributed by atoms with Crippen LogP contribution in [0.4, 0.5) is 10.5 Å². The molecule has 3 aliphatic rings.